The molecule has 1 aromatic rings. The number of nitrogens with one attached hydrogen (secondary N) is 1. The van der Waals surface area contributed by atoms with E-state index >= 15 is 0 Å². The lowest BCUT2D eigenvalue weighted by molar-refractivity contribution is -0.141. The maximum absolute atomic E-state index is 13.9. The summed E-state index contributed by atoms with van der Waals surface area (Å²) in [6.07, 6.45) is 0.250. The van der Waals surface area contributed by atoms with Crippen LogP contribution in [0.5, 0.6) is 5.75 Å². The summed E-state index contributed by atoms with van der Waals surface area (Å²) < 4.78 is 32.6. The van der Waals surface area contributed by atoms with E-state index in [1.165, 1.54) is 12.1 Å². The Morgan fingerprint density at radius 2 is 2.21 bits per heavy atom. The molecule has 0 aliphatic carbocycles. The molecule has 0 amide bonds. The van der Waals surface area contributed by atoms with Crippen molar-refractivity contribution in [1.29, 1.82) is 0 Å². The molecule has 0 bridgehead atoms. The Hall–Kier alpha value is -1.69. The van der Waals surface area contributed by atoms with Gasteiger partial charge in [0, 0.05) is 18.2 Å². The van der Waals surface area contributed by atoms with Gasteiger partial charge in [-0.25, -0.2) is 4.39 Å². The van der Waals surface area contributed by atoms with Gasteiger partial charge in [-0.2, -0.15) is 4.39 Å². The summed E-state index contributed by atoms with van der Waals surface area (Å²) >= 11 is 0. The molecular formula is C13H15F2NO3. The maximum atomic E-state index is 13.9. The van der Waals surface area contributed by atoms with Gasteiger partial charge in [-0.3, -0.25) is 4.79 Å². The van der Waals surface area contributed by atoms with E-state index in [4.69, 9.17) is 9.84 Å². The number of halogens is 2. The van der Waals surface area contributed by atoms with Gasteiger partial charge in [-0.1, -0.05) is 6.07 Å². The number of hydrogen-bond donors (Lipinski definition) is 2. The predicted molar refractivity (Wildman–Crippen MR) is 64.0 cm³/mol. The Balaban J connectivity index is 2.22. The Morgan fingerprint density at radius 1 is 1.47 bits per heavy atom. The van der Waals surface area contributed by atoms with E-state index in [9.17, 15) is 13.6 Å². The Labute approximate surface area is 109 Å². The van der Waals surface area contributed by atoms with Crippen LogP contribution in [0.25, 0.3) is 0 Å². The fourth-order valence-corrected chi connectivity index (χ4v) is 2.24. The molecule has 1 aliphatic heterocycles. The molecule has 19 heavy (non-hydrogen) atoms. The van der Waals surface area contributed by atoms with Gasteiger partial charge in [0.1, 0.15) is 0 Å². The number of carboxylic acid groups (broad SMARTS) is 1. The molecule has 1 saturated heterocycles. The first-order valence-corrected chi connectivity index (χ1v) is 6.11. The summed E-state index contributed by atoms with van der Waals surface area (Å²) in [6, 6.07) is 2.32. The molecule has 4 nitrogen and oxygen atoms in total. The third-order valence-corrected chi connectivity index (χ3v) is 3.23. The highest BCUT2D eigenvalue weighted by molar-refractivity contribution is 5.70. The molecule has 1 aromatic carbocycles. The number of carbonyl (C=O) groups is 1. The van der Waals surface area contributed by atoms with Crippen molar-refractivity contribution in [3.8, 4) is 5.75 Å². The highest BCUT2D eigenvalue weighted by Gasteiger charge is 2.32. The van der Waals surface area contributed by atoms with Crippen LogP contribution in [0.3, 0.4) is 0 Å². The molecule has 2 unspecified atom stereocenters. The van der Waals surface area contributed by atoms with Gasteiger partial charge in [0.25, 0.3) is 0 Å². The number of aliphatic carboxylic acids is 1. The molecule has 0 saturated carbocycles. The molecule has 1 heterocycles. The van der Waals surface area contributed by atoms with Crippen LogP contribution in [-0.2, 0) is 4.79 Å². The SMILES string of the molecule is CCOc1ccc(C2CC(C(=O)O)CN2)c(F)c1F. The fourth-order valence-electron chi connectivity index (χ4n) is 2.24. The van der Waals surface area contributed by atoms with Crippen molar-refractivity contribution in [3.05, 3.63) is 29.3 Å². The molecule has 1 fully saturated rings. The third-order valence-electron chi connectivity index (χ3n) is 3.23. The van der Waals surface area contributed by atoms with Crippen molar-refractivity contribution in [2.24, 2.45) is 5.92 Å². The third kappa shape index (κ3) is 2.68. The molecule has 6 heteroatoms. The van der Waals surface area contributed by atoms with Crippen molar-refractivity contribution in [2.45, 2.75) is 19.4 Å². The predicted octanol–water partition coefficient (Wildman–Crippen LogP) is 2.10. The largest absolute Gasteiger partial charge is 0.491 e. The monoisotopic (exact) mass is 271 g/mol. The van der Waals surface area contributed by atoms with Crippen LogP contribution in [-0.4, -0.2) is 24.2 Å². The number of ether oxygens (including phenoxy) is 1. The van der Waals surface area contributed by atoms with Crippen LogP contribution < -0.4 is 10.1 Å². The summed E-state index contributed by atoms with van der Waals surface area (Å²) in [4.78, 5) is 10.8. The fraction of sp³-hybridized carbons (Fsp3) is 0.462. The van der Waals surface area contributed by atoms with E-state index in [-0.39, 0.29) is 30.9 Å². The van der Waals surface area contributed by atoms with Crippen LogP contribution in [0.2, 0.25) is 0 Å². The molecule has 0 aromatic heterocycles. The van der Waals surface area contributed by atoms with E-state index in [1.807, 2.05) is 0 Å². The van der Waals surface area contributed by atoms with Crippen molar-refractivity contribution < 1.29 is 23.4 Å². The average Bonchev–Trinajstić information content (AvgIpc) is 2.85. The van der Waals surface area contributed by atoms with Crippen molar-refractivity contribution in [1.82, 2.24) is 5.32 Å². The van der Waals surface area contributed by atoms with E-state index in [2.05, 4.69) is 5.32 Å². The van der Waals surface area contributed by atoms with E-state index in [0.29, 0.717) is 0 Å². The second-order valence-electron chi connectivity index (χ2n) is 4.45. The van der Waals surface area contributed by atoms with Crippen LogP contribution in [0.15, 0.2) is 12.1 Å². The zero-order valence-corrected chi connectivity index (χ0v) is 10.5. The lowest BCUT2D eigenvalue weighted by Gasteiger charge is -2.14. The van der Waals surface area contributed by atoms with Crippen LogP contribution in [0, 0.1) is 17.6 Å². The Kier molecular flexibility index (Phi) is 3.99. The van der Waals surface area contributed by atoms with E-state index in [0.717, 1.165) is 0 Å². The average molecular weight is 271 g/mol. The molecule has 0 spiro atoms. The molecule has 0 radical (unpaired) electrons. The summed E-state index contributed by atoms with van der Waals surface area (Å²) in [6.45, 7) is 2.19. The minimum Gasteiger partial charge on any atom is -0.491 e. The first-order valence-electron chi connectivity index (χ1n) is 6.11. The van der Waals surface area contributed by atoms with Crippen LogP contribution >= 0.6 is 0 Å². The lowest BCUT2D eigenvalue weighted by atomic mass is 9.99. The highest BCUT2D eigenvalue weighted by atomic mass is 19.2. The minimum absolute atomic E-state index is 0.128. The highest BCUT2D eigenvalue weighted by Crippen LogP contribution is 2.32. The Morgan fingerprint density at radius 3 is 2.79 bits per heavy atom. The molecule has 1 aliphatic rings. The van der Waals surface area contributed by atoms with Gasteiger partial charge < -0.3 is 15.2 Å². The standard InChI is InChI=1S/C13H15F2NO3/c1-2-19-10-4-3-8(11(14)12(10)15)9-5-7(6-16-9)13(17)18/h3-4,7,9,16H,2,5-6H2,1H3,(H,17,18). The summed E-state index contributed by atoms with van der Waals surface area (Å²) in [7, 11) is 0. The van der Waals surface area contributed by atoms with Crippen LogP contribution in [0.1, 0.15) is 24.9 Å². The van der Waals surface area contributed by atoms with Gasteiger partial charge in [0.2, 0.25) is 5.82 Å². The zero-order valence-electron chi connectivity index (χ0n) is 10.5. The number of hydrogen-bond acceptors (Lipinski definition) is 3. The molecule has 2 N–H and O–H groups in total. The first kappa shape index (κ1) is 13.7. The van der Waals surface area contributed by atoms with Crippen molar-refractivity contribution >= 4 is 5.97 Å². The smallest absolute Gasteiger partial charge is 0.307 e. The zero-order chi connectivity index (χ0) is 14.0. The first-order chi connectivity index (χ1) is 9.04. The Bertz CT molecular complexity index is 493. The number of benzene rings is 1. The minimum atomic E-state index is -1.03. The number of carboxylic acids is 1. The van der Waals surface area contributed by atoms with Crippen molar-refractivity contribution in [2.75, 3.05) is 13.2 Å². The van der Waals surface area contributed by atoms with E-state index in [1.54, 1.807) is 6.92 Å². The quantitative estimate of drug-likeness (QED) is 0.880. The van der Waals surface area contributed by atoms with E-state index < -0.39 is 29.6 Å². The van der Waals surface area contributed by atoms with Gasteiger partial charge in [0.15, 0.2) is 11.6 Å². The topological polar surface area (TPSA) is 58.6 Å². The second kappa shape index (κ2) is 5.52. The molecule has 104 valence electrons. The lowest BCUT2D eigenvalue weighted by Crippen LogP contribution is -2.18. The normalized spacial score (nSPS) is 22.5. The van der Waals surface area contributed by atoms with Crippen molar-refractivity contribution in [3.63, 3.8) is 0 Å². The van der Waals surface area contributed by atoms with Gasteiger partial charge in [-0.15, -0.1) is 0 Å². The maximum Gasteiger partial charge on any atom is 0.307 e. The molecular weight excluding hydrogens is 256 g/mol. The molecule has 2 rings (SSSR count). The summed E-state index contributed by atoms with van der Waals surface area (Å²) in [5.74, 6) is -3.63. The van der Waals surface area contributed by atoms with Crippen LogP contribution in [0.4, 0.5) is 8.78 Å². The summed E-state index contributed by atoms with van der Waals surface area (Å²) in [5.41, 5.74) is 0.143. The molecule has 2 atom stereocenters. The number of rotatable bonds is 4. The second-order valence-corrected chi connectivity index (χ2v) is 4.45. The summed E-state index contributed by atoms with van der Waals surface area (Å²) in [5, 5.41) is 11.8. The van der Waals surface area contributed by atoms with Gasteiger partial charge >= 0.3 is 5.97 Å². The van der Waals surface area contributed by atoms with Gasteiger partial charge in [-0.05, 0) is 19.4 Å². The van der Waals surface area contributed by atoms with Gasteiger partial charge in [0.05, 0.1) is 12.5 Å².